The van der Waals surface area contributed by atoms with E-state index in [0.717, 1.165) is 5.56 Å². The van der Waals surface area contributed by atoms with Crippen molar-refractivity contribution in [2.45, 2.75) is 12.8 Å². The van der Waals surface area contributed by atoms with Gasteiger partial charge in [-0.2, -0.15) is 5.10 Å². The van der Waals surface area contributed by atoms with E-state index < -0.39 is 0 Å². The Bertz CT molecular complexity index is 363. The average molecular weight is 221 g/mol. The van der Waals surface area contributed by atoms with Crippen LogP contribution in [-0.2, 0) is 4.79 Å². The number of amides is 1. The molecular formula is C11H15N3O2. The second-order valence-electron chi connectivity index (χ2n) is 3.23. The zero-order valence-electron chi connectivity index (χ0n) is 8.89. The zero-order valence-corrected chi connectivity index (χ0v) is 8.89. The molecule has 0 atom stereocenters. The first-order chi connectivity index (χ1) is 7.74. The van der Waals surface area contributed by atoms with E-state index in [-0.39, 0.29) is 24.8 Å². The van der Waals surface area contributed by atoms with Gasteiger partial charge in [-0.1, -0.05) is 30.3 Å². The van der Waals surface area contributed by atoms with Crippen molar-refractivity contribution < 1.29 is 9.90 Å². The van der Waals surface area contributed by atoms with E-state index in [1.165, 1.54) is 0 Å². The van der Waals surface area contributed by atoms with Crippen LogP contribution in [0.25, 0.3) is 0 Å². The molecule has 0 radical (unpaired) electrons. The average Bonchev–Trinajstić information content (AvgIpc) is 2.34. The molecule has 0 saturated carbocycles. The van der Waals surface area contributed by atoms with E-state index in [0.29, 0.717) is 6.42 Å². The lowest BCUT2D eigenvalue weighted by Gasteiger charge is -2.01. The molecule has 0 aliphatic carbocycles. The molecule has 1 aromatic rings. The van der Waals surface area contributed by atoms with Crippen molar-refractivity contribution in [2.24, 2.45) is 10.8 Å². The lowest BCUT2D eigenvalue weighted by Crippen LogP contribution is -2.23. The highest BCUT2D eigenvalue weighted by Gasteiger charge is 2.00. The quantitative estimate of drug-likeness (QED) is 0.377. The third-order valence-electron chi connectivity index (χ3n) is 1.93. The normalized spacial score (nSPS) is 11.2. The Labute approximate surface area is 94.0 Å². The first kappa shape index (κ1) is 12.2. The van der Waals surface area contributed by atoms with Gasteiger partial charge in [-0.05, 0) is 6.42 Å². The Morgan fingerprint density at radius 1 is 1.38 bits per heavy atom. The zero-order chi connectivity index (χ0) is 11.8. The number of carbonyl (C=O) groups is 1. The molecular weight excluding hydrogens is 206 g/mol. The van der Waals surface area contributed by atoms with Crippen LogP contribution < -0.4 is 11.2 Å². The monoisotopic (exact) mass is 221 g/mol. The predicted octanol–water partition coefficient (Wildman–Crippen LogP) is 0.196. The molecule has 1 amide bonds. The second kappa shape index (κ2) is 6.58. The SMILES string of the molecule is N/C(=N\NC(=O)CCCO)c1ccccc1. The fourth-order valence-corrected chi connectivity index (χ4v) is 1.09. The first-order valence-corrected chi connectivity index (χ1v) is 5.02. The Balaban J connectivity index is 2.48. The summed E-state index contributed by atoms with van der Waals surface area (Å²) in [5.41, 5.74) is 8.74. The van der Waals surface area contributed by atoms with Crippen LogP contribution in [0.1, 0.15) is 18.4 Å². The number of rotatable bonds is 5. The summed E-state index contributed by atoms with van der Waals surface area (Å²) in [5.74, 6) is 0.00544. The summed E-state index contributed by atoms with van der Waals surface area (Å²) in [6.07, 6.45) is 0.661. The van der Waals surface area contributed by atoms with Gasteiger partial charge in [0, 0.05) is 18.6 Å². The molecule has 1 rings (SSSR count). The summed E-state index contributed by atoms with van der Waals surface area (Å²) < 4.78 is 0. The van der Waals surface area contributed by atoms with Crippen LogP contribution in [0.2, 0.25) is 0 Å². The van der Waals surface area contributed by atoms with Gasteiger partial charge >= 0.3 is 0 Å². The van der Waals surface area contributed by atoms with Crippen molar-refractivity contribution in [1.82, 2.24) is 5.43 Å². The van der Waals surface area contributed by atoms with E-state index in [9.17, 15) is 4.79 Å². The van der Waals surface area contributed by atoms with Crippen molar-refractivity contribution in [2.75, 3.05) is 6.61 Å². The molecule has 0 spiro atoms. The van der Waals surface area contributed by atoms with Gasteiger partial charge in [-0.3, -0.25) is 4.79 Å². The molecule has 0 bridgehead atoms. The Hall–Kier alpha value is -1.88. The number of benzene rings is 1. The maximum absolute atomic E-state index is 11.2. The van der Waals surface area contributed by atoms with Gasteiger partial charge in [-0.25, -0.2) is 5.43 Å². The molecule has 0 aliphatic heterocycles. The van der Waals surface area contributed by atoms with Crippen molar-refractivity contribution in [3.63, 3.8) is 0 Å². The lowest BCUT2D eigenvalue weighted by atomic mass is 10.2. The van der Waals surface area contributed by atoms with E-state index in [2.05, 4.69) is 10.5 Å². The van der Waals surface area contributed by atoms with Gasteiger partial charge in [0.25, 0.3) is 0 Å². The second-order valence-corrected chi connectivity index (χ2v) is 3.23. The molecule has 86 valence electrons. The number of hydrogen-bond donors (Lipinski definition) is 3. The third-order valence-corrected chi connectivity index (χ3v) is 1.93. The van der Waals surface area contributed by atoms with Crippen molar-refractivity contribution in [1.29, 1.82) is 0 Å². The van der Waals surface area contributed by atoms with Crippen LogP contribution in [0.4, 0.5) is 0 Å². The van der Waals surface area contributed by atoms with Gasteiger partial charge in [0.2, 0.25) is 5.91 Å². The van der Waals surface area contributed by atoms with Crippen LogP contribution in [-0.4, -0.2) is 23.5 Å². The molecule has 0 saturated heterocycles. The van der Waals surface area contributed by atoms with Crippen LogP contribution in [0, 0.1) is 0 Å². The van der Waals surface area contributed by atoms with E-state index in [4.69, 9.17) is 10.8 Å². The van der Waals surface area contributed by atoms with Crippen LogP contribution in [0.5, 0.6) is 0 Å². The summed E-state index contributed by atoms with van der Waals surface area (Å²) in [6, 6.07) is 9.16. The number of nitrogens with one attached hydrogen (secondary N) is 1. The van der Waals surface area contributed by atoms with E-state index in [1.807, 2.05) is 18.2 Å². The summed E-state index contributed by atoms with van der Waals surface area (Å²) in [7, 11) is 0. The van der Waals surface area contributed by atoms with Gasteiger partial charge in [-0.15, -0.1) is 0 Å². The topological polar surface area (TPSA) is 87.7 Å². The molecule has 1 aromatic carbocycles. The maximum atomic E-state index is 11.2. The molecule has 5 nitrogen and oxygen atoms in total. The minimum absolute atomic E-state index is 0.00863. The summed E-state index contributed by atoms with van der Waals surface area (Å²) in [5, 5.41) is 12.3. The Kier molecular flexibility index (Phi) is 5.01. The number of amidine groups is 1. The predicted molar refractivity (Wildman–Crippen MR) is 61.6 cm³/mol. The standard InChI is InChI=1S/C11H15N3O2/c12-11(9-5-2-1-3-6-9)14-13-10(16)7-4-8-15/h1-3,5-6,15H,4,7-8H2,(H2,12,14)(H,13,16). The minimum atomic E-state index is -0.257. The smallest absolute Gasteiger partial charge is 0.240 e. The summed E-state index contributed by atoms with van der Waals surface area (Å²) in [6.45, 7) is -0.00863. The van der Waals surface area contributed by atoms with E-state index in [1.54, 1.807) is 12.1 Å². The number of nitrogens with two attached hydrogens (primary N) is 1. The first-order valence-electron chi connectivity index (χ1n) is 5.02. The van der Waals surface area contributed by atoms with Crippen LogP contribution in [0.3, 0.4) is 0 Å². The lowest BCUT2D eigenvalue weighted by molar-refractivity contribution is -0.121. The number of hydrogen-bond acceptors (Lipinski definition) is 3. The molecule has 0 heterocycles. The van der Waals surface area contributed by atoms with Gasteiger partial charge in [0.1, 0.15) is 0 Å². The highest BCUT2D eigenvalue weighted by atomic mass is 16.3. The molecule has 16 heavy (non-hydrogen) atoms. The molecule has 4 N–H and O–H groups in total. The molecule has 5 heteroatoms. The van der Waals surface area contributed by atoms with Crippen molar-refractivity contribution in [3.8, 4) is 0 Å². The summed E-state index contributed by atoms with van der Waals surface area (Å²) in [4.78, 5) is 11.2. The third kappa shape index (κ3) is 4.10. The molecule has 0 aromatic heterocycles. The van der Waals surface area contributed by atoms with Crippen molar-refractivity contribution in [3.05, 3.63) is 35.9 Å². The van der Waals surface area contributed by atoms with Crippen molar-refractivity contribution >= 4 is 11.7 Å². The Morgan fingerprint density at radius 2 is 2.06 bits per heavy atom. The molecule has 0 unspecified atom stereocenters. The number of aliphatic hydroxyl groups excluding tert-OH is 1. The summed E-state index contributed by atoms with van der Waals surface area (Å²) >= 11 is 0. The van der Waals surface area contributed by atoms with E-state index >= 15 is 0 Å². The van der Waals surface area contributed by atoms with Crippen LogP contribution in [0.15, 0.2) is 35.4 Å². The minimum Gasteiger partial charge on any atom is -0.396 e. The fourth-order valence-electron chi connectivity index (χ4n) is 1.09. The largest absolute Gasteiger partial charge is 0.396 e. The number of aliphatic hydroxyl groups is 1. The molecule has 0 fully saturated rings. The highest BCUT2D eigenvalue weighted by molar-refractivity contribution is 5.97. The van der Waals surface area contributed by atoms with Gasteiger partial charge in [0.05, 0.1) is 0 Å². The van der Waals surface area contributed by atoms with Gasteiger partial charge < -0.3 is 10.8 Å². The van der Waals surface area contributed by atoms with Crippen LogP contribution >= 0.6 is 0 Å². The maximum Gasteiger partial charge on any atom is 0.240 e. The highest BCUT2D eigenvalue weighted by Crippen LogP contribution is 1.97. The Morgan fingerprint density at radius 3 is 2.69 bits per heavy atom. The fraction of sp³-hybridized carbons (Fsp3) is 0.273. The number of nitrogens with zero attached hydrogens (tertiary/aromatic N) is 1. The molecule has 0 aliphatic rings. The number of carbonyl (C=O) groups excluding carboxylic acids is 1. The van der Waals surface area contributed by atoms with Gasteiger partial charge in [0.15, 0.2) is 5.84 Å². The number of hydrazone groups is 1.